The number of nitrogens with zero attached hydrogens (tertiary/aromatic N) is 2. The third-order valence-corrected chi connectivity index (χ3v) is 5.19. The highest BCUT2D eigenvalue weighted by atomic mass is 35.5. The number of amides is 2. The van der Waals surface area contributed by atoms with Gasteiger partial charge in [0, 0.05) is 32.1 Å². The largest absolute Gasteiger partial charge is 0.466 e. The molecular formula is C18H32ClN3O4. The number of piperidine rings is 2. The Balaban J connectivity index is 0.00000338. The van der Waals surface area contributed by atoms with Crippen molar-refractivity contribution in [2.75, 3.05) is 39.8 Å². The molecule has 0 aliphatic carbocycles. The Hall–Kier alpha value is -1.34. The van der Waals surface area contributed by atoms with Crippen LogP contribution in [-0.4, -0.2) is 73.5 Å². The number of hydrogen-bond donors (Lipinski definition) is 1. The lowest BCUT2D eigenvalue weighted by Crippen LogP contribution is -2.48. The van der Waals surface area contributed by atoms with Crippen molar-refractivity contribution in [1.82, 2.24) is 15.1 Å². The van der Waals surface area contributed by atoms with E-state index in [0.717, 1.165) is 19.4 Å². The molecule has 2 aliphatic rings. The molecule has 8 heteroatoms. The van der Waals surface area contributed by atoms with Gasteiger partial charge in [-0.25, -0.2) is 0 Å². The topological polar surface area (TPSA) is 79.0 Å². The second kappa shape index (κ2) is 10.7. The van der Waals surface area contributed by atoms with E-state index < -0.39 is 0 Å². The number of carbonyl (C=O) groups is 3. The zero-order valence-corrected chi connectivity index (χ0v) is 16.8. The third kappa shape index (κ3) is 6.13. The van der Waals surface area contributed by atoms with E-state index in [1.807, 2.05) is 0 Å². The van der Waals surface area contributed by atoms with Gasteiger partial charge >= 0.3 is 5.97 Å². The number of halogens is 1. The molecule has 26 heavy (non-hydrogen) atoms. The molecule has 0 unspecified atom stereocenters. The molecule has 0 bridgehead atoms. The molecule has 2 saturated heterocycles. The quantitative estimate of drug-likeness (QED) is 0.711. The lowest BCUT2D eigenvalue weighted by molar-refractivity contribution is -0.151. The molecule has 7 nitrogen and oxygen atoms in total. The van der Waals surface area contributed by atoms with Crippen LogP contribution in [0.15, 0.2) is 0 Å². The van der Waals surface area contributed by atoms with Crippen molar-refractivity contribution in [3.63, 3.8) is 0 Å². The predicted molar refractivity (Wildman–Crippen MR) is 101 cm³/mol. The Labute approximate surface area is 162 Å². The van der Waals surface area contributed by atoms with E-state index in [2.05, 4.69) is 12.2 Å². The van der Waals surface area contributed by atoms with E-state index >= 15 is 0 Å². The number of likely N-dealkylation sites (tertiary alicyclic amines) is 1. The molecule has 0 radical (unpaired) electrons. The molecule has 1 N–H and O–H groups in total. The summed E-state index contributed by atoms with van der Waals surface area (Å²) in [7, 11) is 1.71. The minimum Gasteiger partial charge on any atom is -0.466 e. The van der Waals surface area contributed by atoms with Gasteiger partial charge < -0.3 is 19.9 Å². The molecule has 2 fully saturated rings. The maximum absolute atomic E-state index is 12.5. The Kier molecular flexibility index (Phi) is 9.36. The zero-order chi connectivity index (χ0) is 18.4. The Morgan fingerprint density at radius 3 is 2.38 bits per heavy atom. The summed E-state index contributed by atoms with van der Waals surface area (Å²) in [6, 6.07) is 0.341. The molecule has 2 heterocycles. The van der Waals surface area contributed by atoms with Crippen LogP contribution in [0.1, 0.15) is 39.5 Å². The molecular weight excluding hydrogens is 358 g/mol. The number of rotatable bonds is 5. The molecule has 0 saturated carbocycles. The number of hydrogen-bond acceptors (Lipinski definition) is 5. The molecule has 150 valence electrons. The van der Waals surface area contributed by atoms with Crippen LogP contribution in [0, 0.1) is 11.8 Å². The number of likely N-dealkylation sites (N-methyl/N-ethyl adjacent to an activating group) is 1. The summed E-state index contributed by atoms with van der Waals surface area (Å²) >= 11 is 0. The van der Waals surface area contributed by atoms with E-state index in [1.165, 1.54) is 0 Å². The average Bonchev–Trinajstić information content (AvgIpc) is 2.61. The first-order valence-electron chi connectivity index (χ1n) is 9.35. The van der Waals surface area contributed by atoms with Crippen molar-refractivity contribution in [2.45, 2.75) is 45.6 Å². The van der Waals surface area contributed by atoms with Gasteiger partial charge in [0.25, 0.3) is 0 Å². The van der Waals surface area contributed by atoms with Crippen molar-refractivity contribution in [1.29, 1.82) is 0 Å². The van der Waals surface area contributed by atoms with Crippen LogP contribution in [0.4, 0.5) is 0 Å². The van der Waals surface area contributed by atoms with Gasteiger partial charge in [0.2, 0.25) is 11.8 Å². The van der Waals surface area contributed by atoms with Crippen LogP contribution in [0.25, 0.3) is 0 Å². The van der Waals surface area contributed by atoms with Gasteiger partial charge in [-0.15, -0.1) is 12.4 Å². The number of nitrogens with one attached hydrogen (secondary N) is 1. The summed E-state index contributed by atoms with van der Waals surface area (Å²) in [5.74, 6) is -0.256. The van der Waals surface area contributed by atoms with E-state index in [-0.39, 0.29) is 48.6 Å². The van der Waals surface area contributed by atoms with Gasteiger partial charge in [0.15, 0.2) is 0 Å². The summed E-state index contributed by atoms with van der Waals surface area (Å²) in [6.07, 6.45) is 2.91. The molecule has 0 aromatic carbocycles. The summed E-state index contributed by atoms with van der Waals surface area (Å²) in [5, 5.41) is 3.34. The molecule has 2 amide bonds. The fourth-order valence-electron chi connectivity index (χ4n) is 3.67. The highest BCUT2D eigenvalue weighted by molar-refractivity contribution is 5.86. The molecule has 2 aliphatic heterocycles. The summed E-state index contributed by atoms with van der Waals surface area (Å²) in [6.45, 7) is 6.33. The second-order valence-electron chi connectivity index (χ2n) is 7.18. The first kappa shape index (κ1) is 22.7. The van der Waals surface area contributed by atoms with Gasteiger partial charge in [-0.3, -0.25) is 14.4 Å². The summed E-state index contributed by atoms with van der Waals surface area (Å²) in [5.41, 5.74) is 0. The number of esters is 1. The number of carbonyl (C=O) groups excluding carboxylic acids is 3. The SMILES string of the molecule is CCOC(=O)C1CCN(C(=O)CN(C)C(=O)[C@H]2CCN[C@@H](C)C2)CC1.Cl. The van der Waals surface area contributed by atoms with Crippen LogP contribution in [0.5, 0.6) is 0 Å². The average molecular weight is 390 g/mol. The second-order valence-corrected chi connectivity index (χ2v) is 7.18. The van der Waals surface area contributed by atoms with E-state index in [0.29, 0.717) is 38.6 Å². The van der Waals surface area contributed by atoms with Gasteiger partial charge in [-0.05, 0) is 46.1 Å². The van der Waals surface area contributed by atoms with Gasteiger partial charge in [0.1, 0.15) is 0 Å². The number of ether oxygens (including phenoxy) is 1. The maximum Gasteiger partial charge on any atom is 0.309 e. The van der Waals surface area contributed by atoms with Crippen molar-refractivity contribution in [3.05, 3.63) is 0 Å². The highest BCUT2D eigenvalue weighted by Gasteiger charge is 2.31. The van der Waals surface area contributed by atoms with E-state index in [1.54, 1.807) is 23.8 Å². The smallest absolute Gasteiger partial charge is 0.309 e. The predicted octanol–water partition coefficient (Wildman–Crippen LogP) is 1.06. The molecule has 0 aromatic rings. The molecule has 0 aromatic heterocycles. The highest BCUT2D eigenvalue weighted by Crippen LogP contribution is 2.20. The van der Waals surface area contributed by atoms with Crippen molar-refractivity contribution >= 4 is 30.2 Å². The molecule has 2 rings (SSSR count). The van der Waals surface area contributed by atoms with Crippen LogP contribution < -0.4 is 5.32 Å². The first-order valence-corrected chi connectivity index (χ1v) is 9.35. The minimum atomic E-state index is -0.165. The van der Waals surface area contributed by atoms with Crippen molar-refractivity contribution < 1.29 is 19.1 Å². The van der Waals surface area contributed by atoms with Gasteiger partial charge in [-0.2, -0.15) is 0 Å². The minimum absolute atomic E-state index is 0. The lowest BCUT2D eigenvalue weighted by atomic mass is 9.92. The maximum atomic E-state index is 12.5. The third-order valence-electron chi connectivity index (χ3n) is 5.19. The van der Waals surface area contributed by atoms with Crippen LogP contribution in [-0.2, 0) is 19.1 Å². The fraction of sp³-hybridized carbons (Fsp3) is 0.833. The molecule has 2 atom stereocenters. The van der Waals surface area contributed by atoms with Crippen LogP contribution in [0.2, 0.25) is 0 Å². The van der Waals surface area contributed by atoms with E-state index in [9.17, 15) is 14.4 Å². The van der Waals surface area contributed by atoms with Gasteiger partial charge in [0.05, 0.1) is 19.1 Å². The van der Waals surface area contributed by atoms with Crippen LogP contribution >= 0.6 is 12.4 Å². The Morgan fingerprint density at radius 1 is 1.15 bits per heavy atom. The Morgan fingerprint density at radius 2 is 1.81 bits per heavy atom. The van der Waals surface area contributed by atoms with E-state index in [4.69, 9.17) is 4.74 Å². The van der Waals surface area contributed by atoms with Crippen molar-refractivity contribution in [3.8, 4) is 0 Å². The lowest BCUT2D eigenvalue weighted by Gasteiger charge is -2.33. The van der Waals surface area contributed by atoms with Crippen molar-refractivity contribution in [2.24, 2.45) is 11.8 Å². The monoisotopic (exact) mass is 389 g/mol. The Bertz CT molecular complexity index is 495. The summed E-state index contributed by atoms with van der Waals surface area (Å²) in [4.78, 5) is 40.1. The normalized spacial score (nSPS) is 23.7. The molecule has 0 spiro atoms. The summed E-state index contributed by atoms with van der Waals surface area (Å²) < 4.78 is 5.05. The standard InChI is InChI=1S/C18H31N3O4.ClH/c1-4-25-18(24)14-6-9-21(10-7-14)16(22)12-20(3)17(23)15-5-8-19-13(2)11-15;/h13-15,19H,4-12H2,1-3H3;1H/t13-,15-;/m0./s1. The first-order chi connectivity index (χ1) is 11.9. The van der Waals surface area contributed by atoms with Crippen LogP contribution in [0.3, 0.4) is 0 Å². The fourth-order valence-corrected chi connectivity index (χ4v) is 3.67. The zero-order valence-electron chi connectivity index (χ0n) is 16.0. The van der Waals surface area contributed by atoms with Gasteiger partial charge in [-0.1, -0.05) is 0 Å².